The van der Waals surface area contributed by atoms with Crippen LogP contribution in [-0.4, -0.2) is 27.3 Å². The Kier molecular flexibility index (Phi) is 8.15. The lowest BCUT2D eigenvalue weighted by atomic mass is 10.2. The number of carboxylic acid groups (broad SMARTS) is 1. The molecule has 0 amide bonds. The van der Waals surface area contributed by atoms with Gasteiger partial charge in [-0.25, -0.2) is 14.8 Å². The van der Waals surface area contributed by atoms with Gasteiger partial charge in [-0.15, -0.1) is 23.5 Å². The summed E-state index contributed by atoms with van der Waals surface area (Å²) >= 11 is 16.0. The molecule has 1 heterocycles. The molecule has 0 aliphatic heterocycles. The van der Waals surface area contributed by atoms with Gasteiger partial charge in [0.1, 0.15) is 15.6 Å². The molecule has 0 radical (unpaired) electrons. The van der Waals surface area contributed by atoms with Crippen molar-refractivity contribution in [2.75, 3.05) is 6.26 Å². The molecule has 0 fully saturated rings. The highest BCUT2D eigenvalue weighted by atomic mass is 35.5. The second-order valence-corrected chi connectivity index (χ2v) is 9.41. The third-order valence-corrected chi connectivity index (χ3v) is 6.94. The molecule has 4 nitrogen and oxygen atoms in total. The van der Waals surface area contributed by atoms with E-state index in [0.717, 1.165) is 11.1 Å². The maximum atomic E-state index is 12.0. The molecule has 1 N–H and O–H groups in total. The maximum Gasteiger partial charge on any atom is 0.341 e. The summed E-state index contributed by atoms with van der Waals surface area (Å²) in [6, 6.07) is 14.9. The molecule has 0 saturated carbocycles. The monoisotopic (exact) mass is 482 g/mol. The van der Waals surface area contributed by atoms with E-state index in [1.807, 2.05) is 54.8 Å². The van der Waals surface area contributed by atoms with Gasteiger partial charge in [0.2, 0.25) is 0 Å². The molecular formula is C20H16Cl2N2O2S3. The minimum atomic E-state index is -1.03. The summed E-state index contributed by atoms with van der Waals surface area (Å²) in [5.74, 6) is 0.141. The van der Waals surface area contributed by atoms with E-state index in [1.54, 1.807) is 0 Å². The van der Waals surface area contributed by atoms with Gasteiger partial charge in [-0.05, 0) is 41.6 Å². The number of thioether (sulfide) groups is 3. The fraction of sp³-hybridized carbons (Fsp3) is 0.150. The van der Waals surface area contributed by atoms with E-state index in [4.69, 9.17) is 23.2 Å². The molecule has 0 aliphatic carbocycles. The van der Waals surface area contributed by atoms with Crippen molar-refractivity contribution in [2.45, 2.75) is 26.7 Å². The molecule has 0 saturated heterocycles. The van der Waals surface area contributed by atoms with E-state index < -0.39 is 5.97 Å². The van der Waals surface area contributed by atoms with E-state index in [-0.39, 0.29) is 5.56 Å². The first-order chi connectivity index (χ1) is 14.0. The zero-order valence-corrected chi connectivity index (χ0v) is 19.2. The predicted molar refractivity (Wildman–Crippen MR) is 123 cm³/mol. The van der Waals surface area contributed by atoms with Crippen LogP contribution in [0, 0.1) is 0 Å². The van der Waals surface area contributed by atoms with Crippen LogP contribution in [-0.2, 0) is 11.5 Å². The average Bonchev–Trinajstić information content (AvgIpc) is 2.72. The Morgan fingerprint density at radius 2 is 1.28 bits per heavy atom. The minimum Gasteiger partial charge on any atom is -0.477 e. The van der Waals surface area contributed by atoms with Gasteiger partial charge in [0.25, 0.3) is 0 Å². The highest BCUT2D eigenvalue weighted by Crippen LogP contribution is 2.34. The Morgan fingerprint density at radius 3 is 1.62 bits per heavy atom. The molecular weight excluding hydrogens is 467 g/mol. The maximum absolute atomic E-state index is 12.0. The Morgan fingerprint density at radius 1 is 0.862 bits per heavy atom. The summed E-state index contributed by atoms with van der Waals surface area (Å²) in [5.41, 5.74) is 2.21. The van der Waals surface area contributed by atoms with Crippen molar-refractivity contribution in [3.05, 3.63) is 75.3 Å². The highest BCUT2D eigenvalue weighted by molar-refractivity contribution is 7.99. The summed E-state index contributed by atoms with van der Waals surface area (Å²) in [5, 5.41) is 12.6. The highest BCUT2D eigenvalue weighted by Gasteiger charge is 2.21. The molecule has 0 unspecified atom stereocenters. The zero-order chi connectivity index (χ0) is 20.8. The van der Waals surface area contributed by atoms with Crippen LogP contribution in [0.2, 0.25) is 10.0 Å². The van der Waals surface area contributed by atoms with Gasteiger partial charge in [0, 0.05) is 21.6 Å². The predicted octanol–water partition coefficient (Wildman–Crippen LogP) is 6.79. The van der Waals surface area contributed by atoms with Gasteiger partial charge in [0.05, 0.1) is 0 Å². The molecule has 0 bridgehead atoms. The third-order valence-electron chi connectivity index (χ3n) is 3.80. The van der Waals surface area contributed by atoms with Crippen molar-refractivity contribution < 1.29 is 9.90 Å². The van der Waals surface area contributed by atoms with Crippen molar-refractivity contribution in [3.63, 3.8) is 0 Å². The van der Waals surface area contributed by atoms with Crippen LogP contribution in [0.5, 0.6) is 0 Å². The number of aromatic carboxylic acids is 1. The summed E-state index contributed by atoms with van der Waals surface area (Å²) in [4.78, 5) is 20.9. The fourth-order valence-electron chi connectivity index (χ4n) is 2.35. The Balaban J connectivity index is 1.86. The largest absolute Gasteiger partial charge is 0.477 e. The van der Waals surface area contributed by atoms with Crippen molar-refractivity contribution in [2.24, 2.45) is 0 Å². The molecule has 2 aromatic carbocycles. The van der Waals surface area contributed by atoms with Gasteiger partial charge < -0.3 is 5.11 Å². The van der Waals surface area contributed by atoms with Crippen LogP contribution in [0.3, 0.4) is 0 Å². The van der Waals surface area contributed by atoms with Crippen LogP contribution in [0.15, 0.2) is 63.7 Å². The molecule has 0 atom stereocenters. The first-order valence-corrected chi connectivity index (χ1v) is 12.3. The molecule has 3 rings (SSSR count). The van der Waals surface area contributed by atoms with Crippen molar-refractivity contribution in [1.82, 2.24) is 9.97 Å². The van der Waals surface area contributed by atoms with E-state index in [2.05, 4.69) is 9.97 Å². The van der Waals surface area contributed by atoms with Crippen molar-refractivity contribution >= 4 is 64.5 Å². The summed E-state index contributed by atoms with van der Waals surface area (Å²) in [6.07, 6.45) is 1.87. The van der Waals surface area contributed by atoms with Crippen LogP contribution in [0.25, 0.3) is 0 Å². The lowest BCUT2D eigenvalue weighted by molar-refractivity contribution is 0.0686. The number of carboxylic acids is 1. The Bertz CT molecular complexity index is 929. The van der Waals surface area contributed by atoms with Gasteiger partial charge in [-0.1, -0.05) is 59.2 Å². The normalized spacial score (nSPS) is 10.9. The lowest BCUT2D eigenvalue weighted by Crippen LogP contribution is -2.07. The second-order valence-electron chi connectivity index (χ2n) is 5.83. The fourth-order valence-corrected chi connectivity index (χ4v) is 5.10. The average molecular weight is 483 g/mol. The van der Waals surface area contributed by atoms with E-state index in [0.29, 0.717) is 36.8 Å². The number of benzene rings is 2. The van der Waals surface area contributed by atoms with Gasteiger partial charge in [0.15, 0.2) is 5.16 Å². The summed E-state index contributed by atoms with van der Waals surface area (Å²) < 4.78 is 0. The number of halogens is 2. The first-order valence-electron chi connectivity index (χ1n) is 8.40. The van der Waals surface area contributed by atoms with E-state index in [9.17, 15) is 9.90 Å². The molecule has 29 heavy (non-hydrogen) atoms. The molecule has 1 aromatic heterocycles. The molecule has 3 aromatic rings. The number of hydrogen-bond donors (Lipinski definition) is 1. The molecule has 0 aliphatic rings. The van der Waals surface area contributed by atoms with Crippen LogP contribution in [0.4, 0.5) is 0 Å². The van der Waals surface area contributed by atoms with E-state index in [1.165, 1.54) is 35.3 Å². The topological polar surface area (TPSA) is 63.1 Å². The quantitative estimate of drug-likeness (QED) is 0.215. The second kappa shape index (κ2) is 10.6. The molecule has 9 heteroatoms. The Labute approximate surface area is 191 Å². The van der Waals surface area contributed by atoms with Gasteiger partial charge in [-0.2, -0.15) is 0 Å². The van der Waals surface area contributed by atoms with E-state index >= 15 is 0 Å². The standard InChI is InChI=1S/C20H16Cl2N2O2S3/c1-27-20-23-17(28-10-12-2-6-14(21)7-3-12)16(19(25)26)18(24-20)29-11-13-4-8-15(22)9-5-13/h2-9H,10-11H2,1H3,(H,25,26). The number of aromatic nitrogens is 2. The zero-order valence-electron chi connectivity index (χ0n) is 15.3. The minimum absolute atomic E-state index is 0.140. The molecule has 0 spiro atoms. The third kappa shape index (κ3) is 6.30. The van der Waals surface area contributed by atoms with Gasteiger partial charge >= 0.3 is 5.97 Å². The van der Waals surface area contributed by atoms with Gasteiger partial charge in [-0.3, -0.25) is 0 Å². The molecule has 150 valence electrons. The summed E-state index contributed by atoms with van der Waals surface area (Å²) in [6.45, 7) is 0. The van der Waals surface area contributed by atoms with Crippen LogP contribution >= 0.6 is 58.5 Å². The van der Waals surface area contributed by atoms with Crippen molar-refractivity contribution in [3.8, 4) is 0 Å². The van der Waals surface area contributed by atoms with Crippen LogP contribution < -0.4 is 0 Å². The lowest BCUT2D eigenvalue weighted by Gasteiger charge is -2.11. The SMILES string of the molecule is CSc1nc(SCc2ccc(Cl)cc2)c(C(=O)O)c(SCc2ccc(Cl)cc2)n1. The van der Waals surface area contributed by atoms with Crippen LogP contribution in [0.1, 0.15) is 21.5 Å². The number of carbonyl (C=O) groups is 1. The first kappa shape index (κ1) is 22.3. The smallest absolute Gasteiger partial charge is 0.341 e. The number of hydrogen-bond acceptors (Lipinski definition) is 6. The Hall–Kier alpha value is -1.38. The number of rotatable bonds is 8. The summed E-state index contributed by atoms with van der Waals surface area (Å²) in [7, 11) is 0. The number of nitrogens with zero attached hydrogens (tertiary/aromatic N) is 2. The van der Waals surface area contributed by atoms with Crippen molar-refractivity contribution in [1.29, 1.82) is 0 Å².